The zero-order valence-electron chi connectivity index (χ0n) is 10.9. The number of ether oxygens (including phenoxy) is 3. The first-order valence-corrected chi connectivity index (χ1v) is 7.79. The third kappa shape index (κ3) is 3.01. The Labute approximate surface area is 135 Å². The lowest BCUT2D eigenvalue weighted by atomic mass is 9.98. The largest absolute Gasteiger partial charge is 0.367 e. The van der Waals surface area contributed by atoms with Gasteiger partial charge >= 0.3 is 0 Å². The first kappa shape index (κ1) is 15.0. The van der Waals surface area contributed by atoms with Crippen LogP contribution in [0.25, 0.3) is 10.4 Å². The number of aliphatic hydroxyl groups excluding tert-OH is 1. The first-order valence-electron chi connectivity index (χ1n) is 6.54. The SMILES string of the molecule is [N-]=[N+]=N[C@@H]1C(I)C(O)O[C@@H]2CO[C@@H](c3ccccc3)O[C@@H]12. The zero-order valence-corrected chi connectivity index (χ0v) is 13.1. The highest BCUT2D eigenvalue weighted by Gasteiger charge is 2.48. The Morgan fingerprint density at radius 1 is 1.29 bits per heavy atom. The number of fused-ring (bicyclic) bond motifs is 1. The van der Waals surface area contributed by atoms with Crippen LogP contribution in [0.2, 0.25) is 0 Å². The second kappa shape index (κ2) is 6.47. The minimum Gasteiger partial charge on any atom is -0.367 e. The van der Waals surface area contributed by atoms with Crippen LogP contribution in [0.15, 0.2) is 35.4 Å². The highest BCUT2D eigenvalue weighted by atomic mass is 127. The molecule has 1 aromatic rings. The van der Waals surface area contributed by atoms with Crippen molar-refractivity contribution < 1.29 is 19.3 Å². The van der Waals surface area contributed by atoms with E-state index >= 15 is 0 Å². The highest BCUT2D eigenvalue weighted by Crippen LogP contribution is 2.37. The lowest BCUT2D eigenvalue weighted by molar-refractivity contribution is -0.310. The maximum atomic E-state index is 9.87. The van der Waals surface area contributed by atoms with Crippen molar-refractivity contribution in [3.8, 4) is 0 Å². The van der Waals surface area contributed by atoms with Crippen molar-refractivity contribution in [1.29, 1.82) is 0 Å². The van der Waals surface area contributed by atoms with Crippen LogP contribution in [0.4, 0.5) is 0 Å². The van der Waals surface area contributed by atoms with Crippen molar-refractivity contribution in [2.45, 2.75) is 34.8 Å². The van der Waals surface area contributed by atoms with Crippen LogP contribution in [0.3, 0.4) is 0 Å². The zero-order chi connectivity index (χ0) is 14.8. The van der Waals surface area contributed by atoms with Crippen molar-refractivity contribution in [3.63, 3.8) is 0 Å². The molecule has 3 rings (SSSR count). The average Bonchev–Trinajstić information content (AvgIpc) is 2.52. The van der Waals surface area contributed by atoms with Crippen LogP contribution < -0.4 is 0 Å². The van der Waals surface area contributed by atoms with Crippen LogP contribution in [-0.2, 0) is 14.2 Å². The molecule has 1 aromatic carbocycles. The van der Waals surface area contributed by atoms with Gasteiger partial charge in [0.1, 0.15) is 6.10 Å². The van der Waals surface area contributed by atoms with E-state index in [2.05, 4.69) is 10.0 Å². The molecule has 0 amide bonds. The fraction of sp³-hybridized carbons (Fsp3) is 0.538. The fourth-order valence-corrected chi connectivity index (χ4v) is 3.26. The van der Waals surface area contributed by atoms with E-state index in [1.807, 2.05) is 52.9 Å². The molecular weight excluding hydrogens is 389 g/mol. The summed E-state index contributed by atoms with van der Waals surface area (Å²) in [5.74, 6) is 0. The monoisotopic (exact) mass is 403 g/mol. The van der Waals surface area contributed by atoms with Gasteiger partial charge in [-0.05, 0) is 5.53 Å². The Morgan fingerprint density at radius 3 is 2.76 bits per heavy atom. The molecule has 6 atom stereocenters. The van der Waals surface area contributed by atoms with Crippen LogP contribution in [0, 0.1) is 0 Å². The van der Waals surface area contributed by atoms with E-state index in [1.165, 1.54) is 0 Å². The van der Waals surface area contributed by atoms with Crippen LogP contribution in [0.1, 0.15) is 11.9 Å². The number of alkyl halides is 1. The number of azide groups is 1. The fourth-order valence-electron chi connectivity index (χ4n) is 2.54. The third-order valence-electron chi connectivity index (χ3n) is 3.57. The highest BCUT2D eigenvalue weighted by molar-refractivity contribution is 14.1. The molecule has 112 valence electrons. The van der Waals surface area contributed by atoms with Crippen molar-refractivity contribution in [3.05, 3.63) is 46.3 Å². The van der Waals surface area contributed by atoms with E-state index in [9.17, 15) is 5.11 Å². The third-order valence-corrected chi connectivity index (χ3v) is 4.92. The number of halogens is 1. The molecular formula is C13H14IN3O4. The van der Waals surface area contributed by atoms with Gasteiger partial charge in [0.15, 0.2) is 12.6 Å². The summed E-state index contributed by atoms with van der Waals surface area (Å²) in [6.07, 6.45) is -2.40. The summed E-state index contributed by atoms with van der Waals surface area (Å²) in [5.41, 5.74) is 9.64. The van der Waals surface area contributed by atoms with Crippen LogP contribution in [0.5, 0.6) is 0 Å². The molecule has 0 aromatic heterocycles. The number of hydrogen-bond donors (Lipinski definition) is 1. The Balaban J connectivity index is 1.82. The van der Waals surface area contributed by atoms with Gasteiger partial charge in [-0.1, -0.05) is 58.0 Å². The van der Waals surface area contributed by atoms with Crippen molar-refractivity contribution in [2.24, 2.45) is 5.11 Å². The quantitative estimate of drug-likeness (QED) is 0.270. The van der Waals surface area contributed by atoms with Crippen molar-refractivity contribution in [1.82, 2.24) is 0 Å². The minimum atomic E-state index is -0.997. The molecule has 0 bridgehead atoms. The smallest absolute Gasteiger partial charge is 0.184 e. The predicted molar refractivity (Wildman–Crippen MR) is 81.6 cm³/mol. The molecule has 2 saturated heterocycles. The second-order valence-corrected chi connectivity index (χ2v) is 6.32. The molecule has 21 heavy (non-hydrogen) atoms. The van der Waals surface area contributed by atoms with E-state index in [-0.39, 0.29) is 10.5 Å². The van der Waals surface area contributed by atoms with Gasteiger partial charge in [-0.15, -0.1) is 0 Å². The Hall–Kier alpha value is -0.900. The lowest BCUT2D eigenvalue weighted by Crippen LogP contribution is -2.59. The number of hydrogen-bond acceptors (Lipinski definition) is 5. The van der Waals surface area contributed by atoms with Gasteiger partial charge in [0, 0.05) is 10.5 Å². The molecule has 2 aliphatic rings. The second-order valence-electron chi connectivity index (χ2n) is 4.88. The lowest BCUT2D eigenvalue weighted by Gasteiger charge is -2.45. The average molecular weight is 403 g/mol. The number of nitrogens with zero attached hydrogens (tertiary/aromatic N) is 3. The molecule has 2 heterocycles. The molecule has 8 heteroatoms. The minimum absolute atomic E-state index is 0.280. The van der Waals surface area contributed by atoms with Crippen molar-refractivity contribution >= 4 is 22.6 Å². The van der Waals surface area contributed by atoms with Gasteiger partial charge in [0.25, 0.3) is 0 Å². The van der Waals surface area contributed by atoms with E-state index in [4.69, 9.17) is 19.7 Å². The molecule has 0 saturated carbocycles. The molecule has 7 nitrogen and oxygen atoms in total. The topological polar surface area (TPSA) is 96.7 Å². The first-order chi connectivity index (χ1) is 10.2. The van der Waals surface area contributed by atoms with E-state index in [0.717, 1.165) is 5.56 Å². The van der Waals surface area contributed by atoms with Gasteiger partial charge in [-0.2, -0.15) is 0 Å². The standard InChI is InChI=1S/C13H14IN3O4/c14-9-10(16-17-15)11-8(20-12(9)18)6-19-13(21-11)7-4-2-1-3-5-7/h1-5,8-13,18H,6H2/t8-,9?,10-,11-,12?,13-/m1/s1. The van der Waals surface area contributed by atoms with E-state index < -0.39 is 30.8 Å². The summed E-state index contributed by atoms with van der Waals surface area (Å²) < 4.78 is 16.7. The number of benzene rings is 1. The molecule has 0 aliphatic carbocycles. The van der Waals surface area contributed by atoms with Crippen molar-refractivity contribution in [2.75, 3.05) is 6.61 Å². The van der Waals surface area contributed by atoms with Gasteiger partial charge in [0.05, 0.1) is 22.7 Å². The Kier molecular flexibility index (Phi) is 4.63. The summed E-state index contributed by atoms with van der Waals surface area (Å²) in [4.78, 5) is 2.87. The molecule has 1 N–H and O–H groups in total. The van der Waals surface area contributed by atoms with Crippen LogP contribution in [-0.4, -0.2) is 40.2 Å². The summed E-state index contributed by atoms with van der Waals surface area (Å²) in [6, 6.07) is 9.04. The van der Waals surface area contributed by atoms with Gasteiger partial charge in [-0.25, -0.2) is 0 Å². The predicted octanol–water partition coefficient (Wildman–Crippen LogP) is 2.30. The number of rotatable bonds is 2. The summed E-state index contributed by atoms with van der Waals surface area (Å²) in [7, 11) is 0. The molecule has 2 aliphatic heterocycles. The van der Waals surface area contributed by atoms with Gasteiger partial charge in [0.2, 0.25) is 0 Å². The Bertz CT molecular complexity index is 539. The normalized spacial score (nSPS) is 39.1. The number of aliphatic hydroxyl groups is 1. The maximum absolute atomic E-state index is 9.87. The summed E-state index contributed by atoms with van der Waals surface area (Å²) in [5, 5.41) is 13.7. The molecule has 2 unspecified atom stereocenters. The summed E-state index contributed by atoms with van der Waals surface area (Å²) in [6.45, 7) is 0.280. The van der Waals surface area contributed by atoms with Gasteiger partial charge < -0.3 is 19.3 Å². The van der Waals surface area contributed by atoms with Gasteiger partial charge in [-0.3, -0.25) is 0 Å². The maximum Gasteiger partial charge on any atom is 0.184 e. The molecule has 2 fully saturated rings. The van der Waals surface area contributed by atoms with Crippen LogP contribution >= 0.6 is 22.6 Å². The Morgan fingerprint density at radius 2 is 2.05 bits per heavy atom. The summed E-state index contributed by atoms with van der Waals surface area (Å²) >= 11 is 2.02. The molecule has 0 radical (unpaired) electrons. The molecule has 0 spiro atoms. The van der Waals surface area contributed by atoms with E-state index in [0.29, 0.717) is 0 Å². The van der Waals surface area contributed by atoms with E-state index in [1.54, 1.807) is 0 Å².